The first kappa shape index (κ1) is 18.0. The molecule has 8 nitrogen and oxygen atoms in total. The number of amides is 1. The molecule has 0 atom stereocenters. The van der Waals surface area contributed by atoms with Crippen molar-refractivity contribution in [2.75, 3.05) is 11.1 Å². The summed E-state index contributed by atoms with van der Waals surface area (Å²) in [6.07, 6.45) is -3.74. The van der Waals surface area contributed by atoms with Crippen molar-refractivity contribution in [3.63, 3.8) is 0 Å². The van der Waals surface area contributed by atoms with Gasteiger partial charge >= 0.3 is 6.18 Å². The Hall–Kier alpha value is -3.37. The van der Waals surface area contributed by atoms with Crippen LogP contribution in [0.5, 0.6) is 0 Å². The van der Waals surface area contributed by atoms with Gasteiger partial charge in [-0.2, -0.15) is 18.2 Å². The van der Waals surface area contributed by atoms with Crippen LogP contribution in [0.4, 0.5) is 24.7 Å². The summed E-state index contributed by atoms with van der Waals surface area (Å²) in [6.45, 7) is 2.58. The van der Waals surface area contributed by atoms with Gasteiger partial charge in [-0.1, -0.05) is 0 Å². The Kier molecular flexibility index (Phi) is 4.09. The lowest BCUT2D eigenvalue weighted by atomic mass is 10.1. The number of anilines is 2. The monoisotopic (exact) mass is 391 g/mol. The van der Waals surface area contributed by atoms with E-state index >= 15 is 0 Å². The quantitative estimate of drug-likeness (QED) is 0.522. The van der Waals surface area contributed by atoms with Crippen LogP contribution < -0.4 is 11.1 Å². The number of fused-ring (bicyclic) bond motifs is 3. The van der Waals surface area contributed by atoms with Crippen molar-refractivity contribution < 1.29 is 18.0 Å². The zero-order chi connectivity index (χ0) is 20.1. The van der Waals surface area contributed by atoms with E-state index in [1.807, 2.05) is 0 Å². The van der Waals surface area contributed by atoms with Crippen LogP contribution in [0.1, 0.15) is 28.2 Å². The molecule has 3 heterocycles. The zero-order valence-corrected chi connectivity index (χ0v) is 14.8. The second kappa shape index (κ2) is 6.36. The Labute approximate surface area is 157 Å². The Morgan fingerprint density at radius 1 is 1.25 bits per heavy atom. The lowest BCUT2D eigenvalue weighted by molar-refractivity contribution is -0.137. The van der Waals surface area contributed by atoms with E-state index in [0.717, 1.165) is 29.8 Å². The van der Waals surface area contributed by atoms with Crippen LogP contribution in [0.3, 0.4) is 0 Å². The van der Waals surface area contributed by atoms with E-state index < -0.39 is 11.7 Å². The summed E-state index contributed by atoms with van der Waals surface area (Å²) in [7, 11) is 0. The molecule has 0 fully saturated rings. The van der Waals surface area contributed by atoms with E-state index in [-0.39, 0.29) is 12.2 Å². The van der Waals surface area contributed by atoms with Gasteiger partial charge in [0, 0.05) is 17.8 Å². The van der Waals surface area contributed by atoms with Gasteiger partial charge in [0.25, 0.3) is 5.78 Å². The van der Waals surface area contributed by atoms with Crippen molar-refractivity contribution in [1.29, 1.82) is 0 Å². The van der Waals surface area contributed by atoms with Crippen LogP contribution in [0, 0.1) is 6.92 Å². The number of nitrogens with two attached hydrogens (primary N) is 1. The normalized spacial score (nSPS) is 13.8. The number of rotatable bonds is 4. The maximum absolute atomic E-state index is 13.0. The van der Waals surface area contributed by atoms with Gasteiger partial charge < -0.3 is 16.0 Å². The highest BCUT2D eigenvalue weighted by atomic mass is 19.4. The highest BCUT2D eigenvalue weighted by molar-refractivity contribution is 5.59. The second-order valence-corrected chi connectivity index (χ2v) is 6.59. The molecule has 0 saturated carbocycles. The number of benzene rings is 1. The van der Waals surface area contributed by atoms with Gasteiger partial charge in [0.05, 0.1) is 24.3 Å². The summed E-state index contributed by atoms with van der Waals surface area (Å²) in [5.41, 5.74) is 6.81. The number of nitrogens with zero attached hydrogens (tertiary/aromatic N) is 5. The van der Waals surface area contributed by atoms with Gasteiger partial charge in [0.2, 0.25) is 6.41 Å². The van der Waals surface area contributed by atoms with Crippen LogP contribution in [0.2, 0.25) is 0 Å². The molecule has 0 aliphatic carbocycles. The third-order valence-corrected chi connectivity index (χ3v) is 4.59. The third kappa shape index (κ3) is 3.08. The van der Waals surface area contributed by atoms with Crippen LogP contribution in [-0.4, -0.2) is 30.9 Å². The zero-order valence-electron chi connectivity index (χ0n) is 14.8. The first-order chi connectivity index (χ1) is 13.3. The number of aryl methyl sites for hydroxylation is 1. The van der Waals surface area contributed by atoms with E-state index in [0.29, 0.717) is 36.1 Å². The number of aromatic nitrogens is 4. The maximum atomic E-state index is 13.0. The predicted molar refractivity (Wildman–Crippen MR) is 94.0 cm³/mol. The van der Waals surface area contributed by atoms with Crippen molar-refractivity contribution >= 4 is 23.7 Å². The van der Waals surface area contributed by atoms with Crippen LogP contribution in [-0.2, 0) is 30.6 Å². The number of nitrogens with one attached hydrogen (secondary N) is 1. The molecule has 146 valence electrons. The Balaban J connectivity index is 1.68. The molecule has 11 heteroatoms. The van der Waals surface area contributed by atoms with Crippen LogP contribution >= 0.6 is 0 Å². The number of nitrogen functional groups attached to an aromatic ring is 1. The van der Waals surface area contributed by atoms with Crippen molar-refractivity contribution in [2.24, 2.45) is 0 Å². The SMILES string of the molecule is Cc1nnc2nc(NCc3cc(N)cc(C(F)(F)F)c3)c3c(n12)CN(C=O)C3. The Morgan fingerprint density at radius 3 is 2.75 bits per heavy atom. The number of hydrogen-bond acceptors (Lipinski definition) is 6. The van der Waals surface area contributed by atoms with Gasteiger partial charge in [-0.3, -0.25) is 9.20 Å². The van der Waals surface area contributed by atoms with E-state index in [2.05, 4.69) is 20.5 Å². The fourth-order valence-corrected chi connectivity index (χ4v) is 3.35. The molecule has 3 N–H and O–H groups in total. The molecule has 4 rings (SSSR count). The largest absolute Gasteiger partial charge is 0.416 e. The first-order valence-electron chi connectivity index (χ1n) is 8.39. The van der Waals surface area contributed by atoms with E-state index in [1.54, 1.807) is 16.2 Å². The molecule has 0 radical (unpaired) electrons. The molecule has 28 heavy (non-hydrogen) atoms. The number of alkyl halides is 3. The number of carbonyl (C=O) groups excluding carboxylic acids is 1. The molecule has 1 amide bonds. The van der Waals surface area contributed by atoms with Gasteiger partial charge in [0.15, 0.2) is 0 Å². The number of hydrogen-bond donors (Lipinski definition) is 2. The number of halogens is 3. The van der Waals surface area contributed by atoms with E-state index in [9.17, 15) is 18.0 Å². The Bertz CT molecular complexity index is 1080. The van der Waals surface area contributed by atoms with Gasteiger partial charge in [-0.25, -0.2) is 0 Å². The summed E-state index contributed by atoms with van der Waals surface area (Å²) in [6, 6.07) is 3.41. The summed E-state index contributed by atoms with van der Waals surface area (Å²) in [5, 5.41) is 11.1. The molecular formula is C17H16F3N7O. The third-order valence-electron chi connectivity index (χ3n) is 4.59. The average molecular weight is 391 g/mol. The fraction of sp³-hybridized carbons (Fsp3) is 0.294. The van der Waals surface area contributed by atoms with Crippen molar-refractivity contribution in [2.45, 2.75) is 32.7 Å². The van der Waals surface area contributed by atoms with Gasteiger partial charge in [0.1, 0.15) is 11.6 Å². The topological polar surface area (TPSA) is 101 Å². The first-order valence-corrected chi connectivity index (χ1v) is 8.39. The highest BCUT2D eigenvalue weighted by Crippen LogP contribution is 2.32. The summed E-state index contributed by atoms with van der Waals surface area (Å²) >= 11 is 0. The molecule has 2 aromatic heterocycles. The molecule has 1 aliphatic rings. The molecule has 0 bridgehead atoms. The van der Waals surface area contributed by atoms with Crippen molar-refractivity contribution in [3.05, 3.63) is 46.4 Å². The average Bonchev–Trinajstić information content (AvgIpc) is 3.22. The maximum Gasteiger partial charge on any atom is 0.416 e. The van der Waals surface area contributed by atoms with Crippen molar-refractivity contribution in [1.82, 2.24) is 24.5 Å². The van der Waals surface area contributed by atoms with E-state index in [4.69, 9.17) is 5.73 Å². The minimum absolute atomic E-state index is 0.0282. The minimum Gasteiger partial charge on any atom is -0.399 e. The van der Waals surface area contributed by atoms with Crippen LogP contribution in [0.25, 0.3) is 5.78 Å². The standard InChI is InChI=1S/C17H16F3N7O/c1-9-24-25-16-23-15(13-6-26(8-28)7-14(13)27(9)16)22-5-10-2-11(17(18,19)20)4-12(21)3-10/h2-4,8H,5-7,21H2,1H3,(H,22,23,25). The second-order valence-electron chi connectivity index (χ2n) is 6.59. The minimum atomic E-state index is -4.48. The lowest BCUT2D eigenvalue weighted by Crippen LogP contribution is -2.13. The number of carbonyl (C=O) groups is 1. The van der Waals surface area contributed by atoms with Crippen LogP contribution in [0.15, 0.2) is 18.2 Å². The van der Waals surface area contributed by atoms with E-state index in [1.165, 1.54) is 6.07 Å². The molecule has 3 aromatic rings. The molecule has 1 aromatic carbocycles. The predicted octanol–water partition coefficient (Wildman–Crippen LogP) is 2.12. The fourth-order valence-electron chi connectivity index (χ4n) is 3.35. The van der Waals surface area contributed by atoms with Gasteiger partial charge in [-0.15, -0.1) is 10.2 Å². The molecular weight excluding hydrogens is 375 g/mol. The highest BCUT2D eigenvalue weighted by Gasteiger charge is 2.31. The molecule has 0 spiro atoms. The summed E-state index contributed by atoms with van der Waals surface area (Å²) < 4.78 is 40.8. The van der Waals surface area contributed by atoms with Gasteiger partial charge in [-0.05, 0) is 30.7 Å². The smallest absolute Gasteiger partial charge is 0.399 e. The molecule has 0 saturated heterocycles. The lowest BCUT2D eigenvalue weighted by Gasteiger charge is -2.13. The summed E-state index contributed by atoms with van der Waals surface area (Å²) in [4.78, 5) is 17.2. The van der Waals surface area contributed by atoms with Crippen molar-refractivity contribution in [3.8, 4) is 0 Å². The Morgan fingerprint density at radius 2 is 2.04 bits per heavy atom. The molecule has 1 aliphatic heterocycles. The summed E-state index contributed by atoms with van der Waals surface area (Å²) in [5.74, 6) is 1.45. The molecule has 0 unspecified atom stereocenters.